The smallest absolute Gasteiger partial charge is 0.140 e. The summed E-state index contributed by atoms with van der Waals surface area (Å²) in [5, 5.41) is 0. The Balaban J connectivity index is 2.72. The Labute approximate surface area is 90.8 Å². The van der Waals surface area contributed by atoms with Crippen LogP contribution in [0, 0.1) is 5.82 Å². The zero-order chi connectivity index (χ0) is 10.6. The van der Waals surface area contributed by atoms with Crippen LogP contribution in [0.3, 0.4) is 0 Å². The van der Waals surface area contributed by atoms with Gasteiger partial charge in [-0.1, -0.05) is 12.1 Å². The summed E-state index contributed by atoms with van der Waals surface area (Å²) >= 11 is 3.07. The third-order valence-corrected chi connectivity index (χ3v) is 2.37. The molecule has 0 aliphatic carbocycles. The fraction of sp³-hybridized carbons (Fsp3) is 0.182. The van der Waals surface area contributed by atoms with Crippen molar-refractivity contribution in [3.63, 3.8) is 0 Å². The predicted molar refractivity (Wildman–Crippen MR) is 57.6 cm³/mol. The van der Waals surface area contributed by atoms with E-state index in [1.165, 1.54) is 6.07 Å². The van der Waals surface area contributed by atoms with Crippen LogP contribution >= 0.6 is 15.9 Å². The topological polar surface area (TPSA) is 17.1 Å². The van der Waals surface area contributed by atoms with Crippen molar-refractivity contribution < 1.29 is 9.18 Å². The van der Waals surface area contributed by atoms with Crippen LogP contribution in [0.2, 0.25) is 0 Å². The Kier molecular flexibility index (Phi) is 4.01. The van der Waals surface area contributed by atoms with Gasteiger partial charge in [0.25, 0.3) is 0 Å². The van der Waals surface area contributed by atoms with Gasteiger partial charge in [0, 0.05) is 12.8 Å². The summed E-state index contributed by atoms with van der Waals surface area (Å²) in [4.78, 5) is 11.2. The number of Topliss-reactive ketones (excluding diaryl/α,β-unsaturated/α-hetero) is 1. The summed E-state index contributed by atoms with van der Waals surface area (Å²) in [6.07, 6.45) is 2.25. The first kappa shape index (κ1) is 11.1. The van der Waals surface area contributed by atoms with Crippen molar-refractivity contribution in [3.05, 3.63) is 46.7 Å². The molecule has 0 aromatic heterocycles. The molecule has 0 radical (unpaired) electrons. The highest BCUT2D eigenvalue weighted by Crippen LogP contribution is 2.17. The van der Waals surface area contributed by atoms with Crippen molar-refractivity contribution in [1.82, 2.24) is 0 Å². The van der Waals surface area contributed by atoms with Gasteiger partial charge in [-0.2, -0.15) is 0 Å². The molecule has 0 fully saturated rings. The van der Waals surface area contributed by atoms with E-state index in [1.54, 1.807) is 18.2 Å². The van der Waals surface area contributed by atoms with Crippen molar-refractivity contribution in [2.24, 2.45) is 0 Å². The fourth-order valence-corrected chi connectivity index (χ4v) is 1.54. The minimum absolute atomic E-state index is 0.0820. The highest BCUT2D eigenvalue weighted by molar-refractivity contribution is 9.10. The van der Waals surface area contributed by atoms with E-state index in [0.717, 1.165) is 5.56 Å². The maximum atomic E-state index is 12.8. The Morgan fingerprint density at radius 2 is 2.29 bits per heavy atom. The summed E-state index contributed by atoms with van der Waals surface area (Å²) < 4.78 is 13.2. The molecule has 3 heteroatoms. The van der Waals surface area contributed by atoms with Crippen molar-refractivity contribution in [2.75, 3.05) is 0 Å². The number of carbonyl (C=O) groups excluding carboxylic acids is 1. The number of rotatable bonds is 4. The number of allylic oxidation sites excluding steroid dienone is 1. The van der Waals surface area contributed by atoms with Gasteiger partial charge >= 0.3 is 0 Å². The van der Waals surface area contributed by atoms with Gasteiger partial charge in [0.05, 0.1) is 4.47 Å². The molecule has 0 bridgehead atoms. The van der Waals surface area contributed by atoms with Crippen LogP contribution < -0.4 is 0 Å². The Morgan fingerprint density at radius 3 is 2.86 bits per heavy atom. The lowest BCUT2D eigenvalue weighted by Gasteiger charge is -2.00. The van der Waals surface area contributed by atoms with Crippen LogP contribution in [0.25, 0.3) is 0 Å². The van der Waals surface area contributed by atoms with Gasteiger partial charge in [0.15, 0.2) is 0 Å². The van der Waals surface area contributed by atoms with E-state index in [-0.39, 0.29) is 11.6 Å². The summed E-state index contributed by atoms with van der Waals surface area (Å²) in [6, 6.07) is 4.58. The van der Waals surface area contributed by atoms with Gasteiger partial charge in [0.1, 0.15) is 11.6 Å². The molecule has 0 saturated heterocycles. The summed E-state index contributed by atoms with van der Waals surface area (Å²) in [6.45, 7) is 3.48. The van der Waals surface area contributed by atoms with E-state index < -0.39 is 0 Å². The van der Waals surface area contributed by atoms with Gasteiger partial charge in [-0.3, -0.25) is 4.79 Å². The second-order valence-corrected chi connectivity index (χ2v) is 3.81. The number of carbonyl (C=O) groups is 1. The van der Waals surface area contributed by atoms with Gasteiger partial charge in [0.2, 0.25) is 0 Å². The molecule has 1 aromatic rings. The third kappa shape index (κ3) is 3.07. The molecule has 0 atom stereocenters. The molecule has 0 saturated carbocycles. The van der Waals surface area contributed by atoms with Gasteiger partial charge < -0.3 is 0 Å². The molecular formula is C11H10BrFO. The van der Waals surface area contributed by atoms with E-state index in [0.29, 0.717) is 17.3 Å². The fourth-order valence-electron chi connectivity index (χ4n) is 1.11. The Morgan fingerprint density at radius 1 is 1.57 bits per heavy atom. The van der Waals surface area contributed by atoms with Crippen LogP contribution in [0.4, 0.5) is 4.39 Å². The second-order valence-electron chi connectivity index (χ2n) is 2.96. The monoisotopic (exact) mass is 256 g/mol. The van der Waals surface area contributed by atoms with Crippen LogP contribution in [-0.4, -0.2) is 5.78 Å². The molecule has 74 valence electrons. The highest BCUT2D eigenvalue weighted by Gasteiger charge is 2.04. The Bertz CT molecular complexity index is 360. The summed E-state index contributed by atoms with van der Waals surface area (Å²) in [5.74, 6) is -0.233. The van der Waals surface area contributed by atoms with Crippen LogP contribution in [-0.2, 0) is 11.2 Å². The second kappa shape index (κ2) is 5.05. The molecule has 0 heterocycles. The van der Waals surface area contributed by atoms with E-state index in [2.05, 4.69) is 22.5 Å². The van der Waals surface area contributed by atoms with E-state index in [1.807, 2.05) is 0 Å². The lowest BCUT2D eigenvalue weighted by molar-refractivity contribution is -0.117. The number of benzene rings is 1. The first-order chi connectivity index (χ1) is 6.63. The van der Waals surface area contributed by atoms with Crippen molar-refractivity contribution in [1.29, 1.82) is 0 Å². The van der Waals surface area contributed by atoms with Crippen molar-refractivity contribution in [3.8, 4) is 0 Å². The quantitative estimate of drug-likeness (QED) is 0.756. The minimum atomic E-state index is -0.315. The molecule has 0 N–H and O–H groups in total. The number of ketones is 1. The third-order valence-electron chi connectivity index (χ3n) is 1.76. The van der Waals surface area contributed by atoms with E-state index in [9.17, 15) is 9.18 Å². The zero-order valence-electron chi connectivity index (χ0n) is 7.59. The van der Waals surface area contributed by atoms with Gasteiger partial charge in [-0.25, -0.2) is 4.39 Å². The first-order valence-electron chi connectivity index (χ1n) is 4.20. The summed E-state index contributed by atoms with van der Waals surface area (Å²) in [5.41, 5.74) is 0.810. The molecule has 0 spiro atoms. The highest BCUT2D eigenvalue weighted by atomic mass is 79.9. The average Bonchev–Trinajstić information content (AvgIpc) is 2.12. The molecule has 1 aromatic carbocycles. The SMILES string of the molecule is C=CCC(=O)Cc1ccc(F)c(Br)c1. The first-order valence-corrected chi connectivity index (χ1v) is 4.99. The van der Waals surface area contributed by atoms with Crippen LogP contribution in [0.15, 0.2) is 35.3 Å². The van der Waals surface area contributed by atoms with Crippen LogP contribution in [0.5, 0.6) is 0 Å². The lowest BCUT2D eigenvalue weighted by atomic mass is 10.1. The molecular weight excluding hydrogens is 247 g/mol. The van der Waals surface area contributed by atoms with E-state index in [4.69, 9.17) is 0 Å². The van der Waals surface area contributed by atoms with Gasteiger partial charge in [-0.05, 0) is 33.6 Å². The Hall–Kier alpha value is -0.960. The molecule has 0 unspecified atom stereocenters. The van der Waals surface area contributed by atoms with Gasteiger partial charge in [-0.15, -0.1) is 6.58 Å². The minimum Gasteiger partial charge on any atom is -0.299 e. The average molecular weight is 257 g/mol. The normalized spacial score (nSPS) is 9.86. The van der Waals surface area contributed by atoms with Crippen molar-refractivity contribution in [2.45, 2.75) is 12.8 Å². The number of halogens is 2. The maximum absolute atomic E-state index is 12.8. The van der Waals surface area contributed by atoms with Crippen molar-refractivity contribution >= 4 is 21.7 Å². The zero-order valence-corrected chi connectivity index (χ0v) is 9.18. The number of hydrogen-bond acceptors (Lipinski definition) is 1. The molecule has 1 nitrogen and oxygen atoms in total. The number of hydrogen-bond donors (Lipinski definition) is 0. The lowest BCUT2D eigenvalue weighted by Crippen LogP contribution is -2.00. The molecule has 14 heavy (non-hydrogen) atoms. The molecule has 0 aliphatic heterocycles. The standard InChI is InChI=1S/C11H10BrFO/c1-2-3-9(14)6-8-4-5-11(13)10(12)7-8/h2,4-5,7H,1,3,6H2. The van der Waals surface area contributed by atoms with E-state index >= 15 is 0 Å². The maximum Gasteiger partial charge on any atom is 0.140 e. The molecule has 1 rings (SSSR count). The largest absolute Gasteiger partial charge is 0.299 e. The van der Waals surface area contributed by atoms with Crippen LogP contribution in [0.1, 0.15) is 12.0 Å². The predicted octanol–water partition coefficient (Wildman–Crippen LogP) is 3.28. The molecule has 0 aliphatic rings. The molecule has 0 amide bonds. The summed E-state index contributed by atoms with van der Waals surface area (Å²) in [7, 11) is 0.